The summed E-state index contributed by atoms with van der Waals surface area (Å²) in [6, 6.07) is 7.83. The number of fused-ring (bicyclic) bond motifs is 2. The molecule has 4 aromatic rings. The molecule has 1 aliphatic carbocycles. The molecule has 0 bridgehead atoms. The van der Waals surface area contributed by atoms with Crippen molar-refractivity contribution in [1.82, 2.24) is 24.3 Å². The maximum atomic E-state index is 13.3. The molecule has 8 heteroatoms. The lowest BCUT2D eigenvalue weighted by Gasteiger charge is -2.18. The van der Waals surface area contributed by atoms with Crippen molar-refractivity contribution in [2.24, 2.45) is 7.05 Å². The first-order valence-corrected chi connectivity index (χ1v) is 11.5. The highest BCUT2D eigenvalue weighted by molar-refractivity contribution is 6.04. The molecule has 0 saturated heterocycles. The lowest BCUT2D eigenvalue weighted by molar-refractivity contribution is 0.0986. The fraction of sp³-hybridized carbons (Fsp3) is 0.360. The molecule has 0 radical (unpaired) electrons. The summed E-state index contributed by atoms with van der Waals surface area (Å²) in [6.07, 6.45) is 9.08. The first-order chi connectivity index (χ1) is 16.0. The van der Waals surface area contributed by atoms with Gasteiger partial charge in [-0.05, 0) is 61.8 Å². The van der Waals surface area contributed by atoms with E-state index in [0.717, 1.165) is 61.0 Å². The minimum Gasteiger partial charge on any atom is -0.357 e. The van der Waals surface area contributed by atoms with Gasteiger partial charge in [0.15, 0.2) is 5.69 Å². The molecule has 168 valence electrons. The molecule has 1 amide bonds. The van der Waals surface area contributed by atoms with Crippen molar-refractivity contribution < 1.29 is 4.79 Å². The number of hydrogen-bond acceptors (Lipinski definition) is 4. The van der Waals surface area contributed by atoms with Gasteiger partial charge in [-0.15, -0.1) is 0 Å². The van der Waals surface area contributed by atoms with E-state index in [1.807, 2.05) is 29.1 Å². The van der Waals surface area contributed by atoms with E-state index in [1.54, 1.807) is 29.8 Å². The molecule has 0 spiro atoms. The van der Waals surface area contributed by atoms with Crippen molar-refractivity contribution in [2.45, 2.75) is 44.6 Å². The minimum absolute atomic E-state index is 0.0704. The number of nitrogens with one attached hydrogen (secondary N) is 1. The second-order valence-electron chi connectivity index (χ2n) is 9.17. The zero-order valence-electron chi connectivity index (χ0n) is 18.8. The zero-order chi connectivity index (χ0) is 22.7. The summed E-state index contributed by atoms with van der Waals surface area (Å²) in [7, 11) is 3.50. The molecule has 1 N–H and O–H groups in total. The average molecular weight is 443 g/mol. The monoisotopic (exact) mass is 442 g/mol. The summed E-state index contributed by atoms with van der Waals surface area (Å²) in [5.41, 5.74) is 4.97. The van der Waals surface area contributed by atoms with E-state index < -0.39 is 0 Å². The van der Waals surface area contributed by atoms with E-state index >= 15 is 0 Å². The summed E-state index contributed by atoms with van der Waals surface area (Å²) < 4.78 is 3.54. The quantitative estimate of drug-likeness (QED) is 0.523. The third kappa shape index (κ3) is 3.28. The van der Waals surface area contributed by atoms with E-state index in [1.165, 1.54) is 5.56 Å². The first-order valence-electron chi connectivity index (χ1n) is 11.5. The number of anilines is 1. The van der Waals surface area contributed by atoms with Gasteiger partial charge in [-0.2, -0.15) is 5.10 Å². The topological polar surface area (TPSA) is 88.8 Å². The maximum Gasteiger partial charge on any atom is 0.279 e. The molecule has 4 aromatic heterocycles. The average Bonchev–Trinajstić information content (AvgIpc) is 3.39. The molecule has 1 fully saturated rings. The molecule has 8 nitrogen and oxygen atoms in total. The Labute approximate surface area is 190 Å². The number of aromatic nitrogens is 5. The molecular formula is C25H26N6O2. The minimum atomic E-state index is -0.165. The number of H-pyrrole nitrogens is 1. The van der Waals surface area contributed by atoms with Gasteiger partial charge in [0.05, 0.1) is 5.69 Å². The Hall–Kier alpha value is -3.68. The predicted octanol–water partition coefficient (Wildman–Crippen LogP) is 3.62. The van der Waals surface area contributed by atoms with Gasteiger partial charge in [-0.1, -0.05) is 6.07 Å². The van der Waals surface area contributed by atoms with Crippen LogP contribution in [0.15, 0.2) is 41.5 Å². The SMILES string of the molecule is CN(C(=O)c1cc2n(n1)CCCC2)c1ccc(C2CC2)c(-c2cn(C)c(=O)c3[nH]ccc23)n1. The number of hydrogen-bond donors (Lipinski definition) is 1. The highest BCUT2D eigenvalue weighted by Gasteiger charge is 2.29. The number of aromatic amines is 1. The van der Waals surface area contributed by atoms with Gasteiger partial charge < -0.3 is 9.55 Å². The fourth-order valence-corrected chi connectivity index (χ4v) is 4.84. The molecule has 2 aliphatic rings. The van der Waals surface area contributed by atoms with Crippen molar-refractivity contribution in [3.05, 3.63) is 64.0 Å². The van der Waals surface area contributed by atoms with E-state index in [-0.39, 0.29) is 11.5 Å². The van der Waals surface area contributed by atoms with Crippen LogP contribution in [0.1, 0.15) is 53.3 Å². The van der Waals surface area contributed by atoms with Crippen LogP contribution in [0.4, 0.5) is 5.82 Å². The van der Waals surface area contributed by atoms with Crippen molar-refractivity contribution in [3.8, 4) is 11.3 Å². The Morgan fingerprint density at radius 1 is 1.21 bits per heavy atom. The Morgan fingerprint density at radius 2 is 2.06 bits per heavy atom. The smallest absolute Gasteiger partial charge is 0.279 e. The van der Waals surface area contributed by atoms with Gasteiger partial charge in [0, 0.05) is 49.7 Å². The van der Waals surface area contributed by atoms with Crippen molar-refractivity contribution >= 4 is 22.6 Å². The van der Waals surface area contributed by atoms with Gasteiger partial charge in [0.2, 0.25) is 0 Å². The van der Waals surface area contributed by atoms with Crippen molar-refractivity contribution in [1.29, 1.82) is 0 Å². The van der Waals surface area contributed by atoms with Crippen molar-refractivity contribution in [3.63, 3.8) is 0 Å². The fourth-order valence-electron chi connectivity index (χ4n) is 4.84. The third-order valence-electron chi connectivity index (χ3n) is 6.86. The lowest BCUT2D eigenvalue weighted by atomic mass is 10.0. The maximum absolute atomic E-state index is 13.3. The van der Waals surface area contributed by atoms with E-state index in [0.29, 0.717) is 22.9 Å². The Balaban J connectivity index is 1.44. The highest BCUT2D eigenvalue weighted by atomic mass is 16.2. The van der Waals surface area contributed by atoms with E-state index in [2.05, 4.69) is 16.1 Å². The Kier molecular flexibility index (Phi) is 4.50. The molecule has 0 aromatic carbocycles. The normalized spacial score (nSPS) is 15.6. The number of nitrogens with zero attached hydrogens (tertiary/aromatic N) is 5. The number of amides is 1. The van der Waals surface area contributed by atoms with Crippen LogP contribution in [0.5, 0.6) is 0 Å². The van der Waals surface area contributed by atoms with Gasteiger partial charge in [-0.25, -0.2) is 4.98 Å². The molecular weight excluding hydrogens is 416 g/mol. The number of carbonyl (C=O) groups is 1. The van der Waals surface area contributed by atoms with Crippen LogP contribution in [0.3, 0.4) is 0 Å². The van der Waals surface area contributed by atoms with Gasteiger partial charge in [-0.3, -0.25) is 19.2 Å². The molecule has 0 atom stereocenters. The molecule has 0 unspecified atom stereocenters. The largest absolute Gasteiger partial charge is 0.357 e. The first kappa shape index (κ1) is 20.0. The third-order valence-corrected chi connectivity index (χ3v) is 6.86. The van der Waals surface area contributed by atoms with Crippen LogP contribution < -0.4 is 10.5 Å². The number of aryl methyl sites for hydroxylation is 3. The van der Waals surface area contributed by atoms with Crippen LogP contribution in [-0.4, -0.2) is 37.3 Å². The summed E-state index contributed by atoms with van der Waals surface area (Å²) in [5.74, 6) is 0.873. The molecule has 5 heterocycles. The summed E-state index contributed by atoms with van der Waals surface area (Å²) in [4.78, 5) is 35.4. The molecule has 1 saturated carbocycles. The summed E-state index contributed by atoms with van der Waals surface area (Å²) >= 11 is 0. The second-order valence-corrected chi connectivity index (χ2v) is 9.17. The lowest BCUT2D eigenvalue weighted by Crippen LogP contribution is -2.28. The second kappa shape index (κ2) is 7.43. The number of pyridine rings is 2. The van der Waals surface area contributed by atoms with Gasteiger partial charge in [0.1, 0.15) is 11.3 Å². The van der Waals surface area contributed by atoms with Crippen molar-refractivity contribution in [2.75, 3.05) is 11.9 Å². The Morgan fingerprint density at radius 3 is 2.85 bits per heavy atom. The zero-order valence-corrected chi connectivity index (χ0v) is 18.8. The molecule has 33 heavy (non-hydrogen) atoms. The van der Waals surface area contributed by atoms with Crippen LogP contribution in [0, 0.1) is 0 Å². The van der Waals surface area contributed by atoms with Crippen LogP contribution in [0.25, 0.3) is 22.2 Å². The predicted molar refractivity (Wildman–Crippen MR) is 127 cm³/mol. The summed E-state index contributed by atoms with van der Waals surface area (Å²) in [5, 5.41) is 5.39. The van der Waals surface area contributed by atoms with Gasteiger partial charge in [0.25, 0.3) is 11.5 Å². The van der Waals surface area contributed by atoms with E-state index in [4.69, 9.17) is 4.98 Å². The van der Waals surface area contributed by atoms with Crippen LogP contribution in [-0.2, 0) is 20.0 Å². The van der Waals surface area contributed by atoms with Crippen LogP contribution in [0.2, 0.25) is 0 Å². The number of carbonyl (C=O) groups excluding carboxylic acids is 1. The van der Waals surface area contributed by atoms with E-state index in [9.17, 15) is 9.59 Å². The number of rotatable bonds is 4. The summed E-state index contributed by atoms with van der Waals surface area (Å²) in [6.45, 7) is 0.865. The Bertz CT molecular complexity index is 1430. The highest BCUT2D eigenvalue weighted by Crippen LogP contribution is 2.45. The molecule has 6 rings (SSSR count). The van der Waals surface area contributed by atoms with Crippen LogP contribution >= 0.6 is 0 Å². The van der Waals surface area contributed by atoms with Gasteiger partial charge >= 0.3 is 0 Å². The molecule has 1 aliphatic heterocycles. The standard InChI is InChI=1S/C25H26N6O2/c1-29-14-19(18-10-11-26-23(18)25(29)33)22-17(15-6-7-15)8-9-21(27-22)30(2)24(32)20-13-16-5-3-4-12-31(16)28-20/h8-11,13-15,26H,3-7,12H2,1-2H3.